The molecule has 2 aromatic carbocycles. The van der Waals surface area contributed by atoms with Gasteiger partial charge in [0.2, 0.25) is 0 Å². The lowest BCUT2D eigenvalue weighted by atomic mass is 10.1. The van der Waals surface area contributed by atoms with Crippen LogP contribution in [-0.4, -0.2) is 35.5 Å². The third kappa shape index (κ3) is 4.16. The SMILES string of the molecule is COc1ccc(Br)cc1/C=C1\SC(=O)N(CC(=O)c2ccc(C#N)cc2)C1=O. The van der Waals surface area contributed by atoms with Crippen molar-refractivity contribution in [3.8, 4) is 11.8 Å². The van der Waals surface area contributed by atoms with Gasteiger partial charge in [0.1, 0.15) is 5.75 Å². The maximum atomic E-state index is 12.6. The first-order valence-electron chi connectivity index (χ1n) is 8.05. The van der Waals surface area contributed by atoms with E-state index in [0.717, 1.165) is 21.1 Å². The zero-order valence-corrected chi connectivity index (χ0v) is 17.0. The molecule has 0 bridgehead atoms. The number of hydrogen-bond acceptors (Lipinski definition) is 6. The Morgan fingerprint density at radius 1 is 1.25 bits per heavy atom. The van der Waals surface area contributed by atoms with Crippen molar-refractivity contribution in [2.45, 2.75) is 0 Å². The fraction of sp³-hybridized carbons (Fsp3) is 0.100. The van der Waals surface area contributed by atoms with Crippen molar-refractivity contribution in [1.29, 1.82) is 5.26 Å². The molecule has 0 aliphatic carbocycles. The van der Waals surface area contributed by atoms with Crippen LogP contribution in [0.4, 0.5) is 4.79 Å². The average Bonchev–Trinajstić information content (AvgIpc) is 2.95. The highest BCUT2D eigenvalue weighted by molar-refractivity contribution is 9.10. The molecule has 0 radical (unpaired) electrons. The molecule has 0 saturated carbocycles. The van der Waals surface area contributed by atoms with Crippen LogP contribution >= 0.6 is 27.7 Å². The van der Waals surface area contributed by atoms with Crippen LogP contribution in [0.25, 0.3) is 6.08 Å². The van der Waals surface area contributed by atoms with Crippen molar-refractivity contribution in [1.82, 2.24) is 4.90 Å². The zero-order valence-electron chi connectivity index (χ0n) is 14.6. The Bertz CT molecular complexity index is 1040. The Balaban J connectivity index is 1.81. The van der Waals surface area contributed by atoms with Crippen LogP contribution in [0.1, 0.15) is 21.5 Å². The average molecular weight is 457 g/mol. The fourth-order valence-electron chi connectivity index (χ4n) is 2.56. The van der Waals surface area contributed by atoms with E-state index in [4.69, 9.17) is 10.00 Å². The van der Waals surface area contributed by atoms with Gasteiger partial charge in [0.05, 0.1) is 30.2 Å². The Labute approximate surface area is 173 Å². The van der Waals surface area contributed by atoms with Crippen molar-refractivity contribution in [2.75, 3.05) is 13.7 Å². The van der Waals surface area contributed by atoms with E-state index in [1.165, 1.54) is 31.4 Å². The summed E-state index contributed by atoms with van der Waals surface area (Å²) in [5, 5.41) is 8.31. The molecular weight excluding hydrogens is 444 g/mol. The van der Waals surface area contributed by atoms with Crippen LogP contribution in [0.15, 0.2) is 51.8 Å². The van der Waals surface area contributed by atoms with Crippen molar-refractivity contribution < 1.29 is 19.1 Å². The summed E-state index contributed by atoms with van der Waals surface area (Å²) in [5.41, 5.74) is 1.39. The minimum Gasteiger partial charge on any atom is -0.496 e. The van der Waals surface area contributed by atoms with E-state index in [0.29, 0.717) is 22.4 Å². The number of amides is 2. The van der Waals surface area contributed by atoms with Gasteiger partial charge in [0.15, 0.2) is 5.78 Å². The van der Waals surface area contributed by atoms with Gasteiger partial charge in [-0.3, -0.25) is 19.3 Å². The van der Waals surface area contributed by atoms with Crippen LogP contribution in [0.5, 0.6) is 5.75 Å². The topological polar surface area (TPSA) is 87.5 Å². The summed E-state index contributed by atoms with van der Waals surface area (Å²) in [4.78, 5) is 38.5. The van der Waals surface area contributed by atoms with Gasteiger partial charge in [0.25, 0.3) is 11.1 Å². The smallest absolute Gasteiger partial charge is 0.293 e. The molecule has 0 aromatic heterocycles. The third-order valence-electron chi connectivity index (χ3n) is 3.99. The molecule has 0 spiro atoms. The molecule has 2 aromatic rings. The number of Topliss-reactive ketones (excluding diaryl/α,β-unsaturated/α-hetero) is 1. The number of hydrogen-bond donors (Lipinski definition) is 0. The van der Waals surface area contributed by atoms with Gasteiger partial charge in [-0.2, -0.15) is 5.26 Å². The maximum Gasteiger partial charge on any atom is 0.293 e. The van der Waals surface area contributed by atoms with E-state index in [1.807, 2.05) is 6.07 Å². The molecule has 1 aliphatic rings. The highest BCUT2D eigenvalue weighted by Crippen LogP contribution is 2.34. The molecule has 1 heterocycles. The standard InChI is InChI=1S/C20H13BrN2O4S/c1-27-17-7-6-15(21)8-14(17)9-18-19(25)23(20(26)28-18)11-16(24)13-4-2-12(10-22)3-5-13/h2-9H,11H2,1H3/b18-9-. The number of thioether (sulfide) groups is 1. The fourth-order valence-corrected chi connectivity index (χ4v) is 3.77. The first kappa shape index (κ1) is 19.9. The van der Waals surface area contributed by atoms with E-state index in [1.54, 1.807) is 24.3 Å². The van der Waals surface area contributed by atoms with Crippen molar-refractivity contribution >= 4 is 50.7 Å². The van der Waals surface area contributed by atoms with Crippen LogP contribution in [0, 0.1) is 11.3 Å². The van der Waals surface area contributed by atoms with E-state index >= 15 is 0 Å². The molecule has 1 saturated heterocycles. The Morgan fingerprint density at radius 3 is 2.61 bits per heavy atom. The minimum absolute atomic E-state index is 0.217. The van der Waals surface area contributed by atoms with Gasteiger partial charge in [-0.15, -0.1) is 0 Å². The van der Waals surface area contributed by atoms with Crippen LogP contribution in [0.3, 0.4) is 0 Å². The summed E-state index contributed by atoms with van der Waals surface area (Å²) in [7, 11) is 1.52. The molecular formula is C20H13BrN2O4S. The molecule has 8 heteroatoms. The van der Waals surface area contributed by atoms with Gasteiger partial charge >= 0.3 is 0 Å². The lowest BCUT2D eigenvalue weighted by Crippen LogP contribution is -2.33. The zero-order chi connectivity index (χ0) is 20.3. The first-order valence-corrected chi connectivity index (χ1v) is 9.66. The Hall–Kier alpha value is -2.89. The minimum atomic E-state index is -0.529. The van der Waals surface area contributed by atoms with Crippen molar-refractivity contribution in [2.24, 2.45) is 0 Å². The lowest BCUT2D eigenvalue weighted by Gasteiger charge is -2.11. The highest BCUT2D eigenvalue weighted by Gasteiger charge is 2.36. The number of carbonyl (C=O) groups is 3. The van der Waals surface area contributed by atoms with Gasteiger partial charge in [-0.1, -0.05) is 28.1 Å². The molecule has 0 N–H and O–H groups in total. The second kappa shape index (κ2) is 8.42. The quantitative estimate of drug-likeness (QED) is 0.493. The number of rotatable bonds is 5. The normalized spacial score (nSPS) is 15.0. The molecule has 0 atom stereocenters. The van der Waals surface area contributed by atoms with E-state index < -0.39 is 11.1 Å². The number of carbonyl (C=O) groups excluding carboxylic acids is 3. The monoisotopic (exact) mass is 456 g/mol. The molecule has 3 rings (SSSR count). The largest absolute Gasteiger partial charge is 0.496 e. The van der Waals surface area contributed by atoms with Gasteiger partial charge in [0, 0.05) is 15.6 Å². The molecule has 1 aliphatic heterocycles. The van der Waals surface area contributed by atoms with Crippen molar-refractivity contribution in [3.63, 3.8) is 0 Å². The number of imide groups is 1. The Kier molecular flexibility index (Phi) is 5.97. The predicted octanol–water partition coefficient (Wildman–Crippen LogP) is 4.25. The number of methoxy groups -OCH3 is 1. The van der Waals surface area contributed by atoms with Gasteiger partial charge in [-0.05, 0) is 48.2 Å². The van der Waals surface area contributed by atoms with E-state index in [9.17, 15) is 14.4 Å². The summed E-state index contributed by atoms with van der Waals surface area (Å²) in [6, 6.07) is 13.3. The van der Waals surface area contributed by atoms with E-state index in [-0.39, 0.29) is 17.2 Å². The van der Waals surface area contributed by atoms with Crippen molar-refractivity contribution in [3.05, 3.63) is 68.5 Å². The van der Waals surface area contributed by atoms with Crippen LogP contribution in [-0.2, 0) is 4.79 Å². The number of nitriles is 1. The number of halogens is 1. The second-order valence-corrected chi connectivity index (χ2v) is 7.68. The molecule has 0 unspecified atom stereocenters. The molecule has 140 valence electrons. The molecule has 2 amide bonds. The van der Waals surface area contributed by atoms with Crippen LogP contribution < -0.4 is 4.74 Å². The Morgan fingerprint density at radius 2 is 1.96 bits per heavy atom. The van der Waals surface area contributed by atoms with Crippen LogP contribution in [0.2, 0.25) is 0 Å². The highest BCUT2D eigenvalue weighted by atomic mass is 79.9. The first-order chi connectivity index (χ1) is 13.4. The predicted molar refractivity (Wildman–Crippen MR) is 109 cm³/mol. The summed E-state index contributed by atoms with van der Waals surface area (Å²) >= 11 is 4.14. The van der Waals surface area contributed by atoms with Gasteiger partial charge < -0.3 is 4.74 Å². The summed E-state index contributed by atoms with van der Waals surface area (Å²) in [6.07, 6.45) is 1.57. The summed E-state index contributed by atoms with van der Waals surface area (Å²) in [6.45, 7) is -0.358. The number of nitrogens with zero attached hydrogens (tertiary/aromatic N) is 2. The van der Waals surface area contributed by atoms with E-state index in [2.05, 4.69) is 15.9 Å². The summed E-state index contributed by atoms with van der Waals surface area (Å²) < 4.78 is 6.08. The maximum absolute atomic E-state index is 12.6. The third-order valence-corrected chi connectivity index (χ3v) is 5.39. The van der Waals surface area contributed by atoms with Gasteiger partial charge in [-0.25, -0.2) is 0 Å². The second-order valence-electron chi connectivity index (χ2n) is 5.77. The number of ketones is 1. The summed E-state index contributed by atoms with van der Waals surface area (Å²) in [5.74, 6) is -0.351. The lowest BCUT2D eigenvalue weighted by molar-refractivity contribution is -0.122. The number of ether oxygens (including phenoxy) is 1. The molecule has 1 fully saturated rings. The molecule has 6 nitrogen and oxygen atoms in total. The molecule has 28 heavy (non-hydrogen) atoms. The number of benzene rings is 2.